The summed E-state index contributed by atoms with van der Waals surface area (Å²) in [6, 6.07) is 14.5. The molecule has 0 atom stereocenters. The van der Waals surface area contributed by atoms with Gasteiger partial charge in [-0.3, -0.25) is 19.3 Å². The van der Waals surface area contributed by atoms with Crippen LogP contribution in [0.15, 0.2) is 48.5 Å². The van der Waals surface area contributed by atoms with E-state index in [4.69, 9.17) is 11.6 Å². The molecule has 2 aromatic rings. The Labute approximate surface area is 182 Å². The van der Waals surface area contributed by atoms with E-state index in [1.54, 1.807) is 43.3 Å². The number of amides is 3. The quantitative estimate of drug-likeness (QED) is 0.641. The molecule has 0 bridgehead atoms. The highest BCUT2D eigenvalue weighted by molar-refractivity contribution is 6.33. The lowest BCUT2D eigenvalue weighted by Crippen LogP contribution is -2.42. The van der Waals surface area contributed by atoms with Gasteiger partial charge in [0.2, 0.25) is 17.7 Å². The molecule has 2 aromatic carbocycles. The van der Waals surface area contributed by atoms with Gasteiger partial charge in [-0.2, -0.15) is 0 Å². The third-order valence-electron chi connectivity index (χ3n) is 4.45. The van der Waals surface area contributed by atoms with Gasteiger partial charge >= 0.3 is 0 Å². The molecule has 0 saturated heterocycles. The fourth-order valence-corrected chi connectivity index (χ4v) is 3.03. The molecule has 3 amide bonds. The molecule has 30 heavy (non-hydrogen) atoms. The van der Waals surface area contributed by atoms with Crippen molar-refractivity contribution in [2.24, 2.45) is 0 Å². The van der Waals surface area contributed by atoms with Gasteiger partial charge in [0.25, 0.3) is 0 Å². The Balaban J connectivity index is 1.80. The lowest BCUT2D eigenvalue weighted by atomic mass is 10.1. The molecule has 160 valence electrons. The zero-order valence-corrected chi connectivity index (χ0v) is 18.2. The van der Waals surface area contributed by atoms with Crippen LogP contribution in [0, 0.1) is 0 Å². The first-order chi connectivity index (χ1) is 14.3. The Hall–Kier alpha value is -2.90. The minimum absolute atomic E-state index is 0.0126. The summed E-state index contributed by atoms with van der Waals surface area (Å²) in [6.07, 6.45) is 0.811. The van der Waals surface area contributed by atoms with E-state index >= 15 is 0 Å². The maximum atomic E-state index is 12.4. The van der Waals surface area contributed by atoms with E-state index in [1.807, 2.05) is 31.2 Å². The number of likely N-dealkylation sites (N-methyl/N-ethyl adjacent to an activating group) is 2. The van der Waals surface area contributed by atoms with Crippen molar-refractivity contribution < 1.29 is 14.4 Å². The van der Waals surface area contributed by atoms with Crippen molar-refractivity contribution in [3.05, 3.63) is 59.1 Å². The summed E-state index contributed by atoms with van der Waals surface area (Å²) < 4.78 is 0. The molecule has 0 saturated carbocycles. The minimum atomic E-state index is -0.351. The van der Waals surface area contributed by atoms with Crippen LogP contribution in [0.25, 0.3) is 0 Å². The molecule has 0 aliphatic heterocycles. The summed E-state index contributed by atoms with van der Waals surface area (Å²) in [5, 5.41) is 5.98. The Kier molecular flexibility index (Phi) is 8.83. The van der Waals surface area contributed by atoms with Crippen molar-refractivity contribution >= 4 is 40.7 Å². The number of nitrogens with zero attached hydrogens (tertiary/aromatic N) is 2. The van der Waals surface area contributed by atoms with Gasteiger partial charge in [-0.25, -0.2) is 0 Å². The summed E-state index contributed by atoms with van der Waals surface area (Å²) in [7, 11) is 3.22. The maximum Gasteiger partial charge on any atom is 0.244 e. The molecule has 0 unspecified atom stereocenters. The lowest BCUT2D eigenvalue weighted by molar-refractivity contribution is -0.134. The molecule has 0 aliphatic carbocycles. The van der Waals surface area contributed by atoms with Crippen LogP contribution in [0.3, 0.4) is 0 Å². The van der Waals surface area contributed by atoms with Gasteiger partial charge < -0.3 is 15.5 Å². The second-order valence-corrected chi connectivity index (χ2v) is 7.42. The topological polar surface area (TPSA) is 81.8 Å². The summed E-state index contributed by atoms with van der Waals surface area (Å²) in [5.74, 6) is -0.825. The molecule has 0 heterocycles. The van der Waals surface area contributed by atoms with E-state index in [-0.39, 0.29) is 37.4 Å². The monoisotopic (exact) mass is 430 g/mol. The number of rotatable bonds is 9. The third-order valence-corrected chi connectivity index (χ3v) is 4.78. The van der Waals surface area contributed by atoms with Gasteiger partial charge in [0.05, 0.1) is 30.3 Å². The zero-order valence-electron chi connectivity index (χ0n) is 17.4. The van der Waals surface area contributed by atoms with E-state index in [9.17, 15) is 14.4 Å². The first-order valence-corrected chi connectivity index (χ1v) is 10.0. The molecule has 0 spiro atoms. The van der Waals surface area contributed by atoms with Crippen LogP contribution in [-0.4, -0.2) is 61.3 Å². The van der Waals surface area contributed by atoms with Crippen molar-refractivity contribution in [3.8, 4) is 0 Å². The van der Waals surface area contributed by atoms with Crippen LogP contribution in [0.5, 0.6) is 0 Å². The van der Waals surface area contributed by atoms with Gasteiger partial charge in [-0.05, 0) is 37.2 Å². The van der Waals surface area contributed by atoms with Crippen molar-refractivity contribution in [1.82, 2.24) is 9.80 Å². The van der Waals surface area contributed by atoms with Crippen LogP contribution < -0.4 is 10.6 Å². The molecule has 8 heteroatoms. The lowest BCUT2D eigenvalue weighted by Gasteiger charge is -2.21. The molecule has 0 fully saturated rings. The molecule has 0 radical (unpaired) electrons. The smallest absolute Gasteiger partial charge is 0.244 e. The zero-order chi connectivity index (χ0) is 22.1. The number of carbonyl (C=O) groups is 3. The molecule has 0 aromatic heterocycles. The van der Waals surface area contributed by atoms with Gasteiger partial charge in [0.1, 0.15) is 0 Å². The summed E-state index contributed by atoms with van der Waals surface area (Å²) >= 11 is 6.02. The number of benzene rings is 2. The first kappa shape index (κ1) is 23.4. The highest BCUT2D eigenvalue weighted by Crippen LogP contribution is 2.20. The number of carbonyl (C=O) groups excluding carboxylic acids is 3. The Morgan fingerprint density at radius 3 is 2.07 bits per heavy atom. The second-order valence-electron chi connectivity index (χ2n) is 7.01. The van der Waals surface area contributed by atoms with Gasteiger partial charge in [-0.1, -0.05) is 48.9 Å². The predicted molar refractivity (Wildman–Crippen MR) is 120 cm³/mol. The van der Waals surface area contributed by atoms with E-state index in [0.717, 1.165) is 17.7 Å². The van der Waals surface area contributed by atoms with Crippen molar-refractivity contribution in [2.75, 3.05) is 44.4 Å². The molecule has 2 N–H and O–H groups in total. The van der Waals surface area contributed by atoms with Crippen LogP contribution in [0.1, 0.15) is 12.5 Å². The van der Waals surface area contributed by atoms with Crippen LogP contribution >= 0.6 is 11.6 Å². The minimum Gasteiger partial charge on any atom is -0.335 e. The average Bonchev–Trinajstić information content (AvgIpc) is 2.69. The number of anilines is 2. The van der Waals surface area contributed by atoms with Crippen LogP contribution in [0.2, 0.25) is 5.02 Å². The van der Waals surface area contributed by atoms with E-state index < -0.39 is 0 Å². The van der Waals surface area contributed by atoms with Gasteiger partial charge in [-0.15, -0.1) is 0 Å². The van der Waals surface area contributed by atoms with E-state index in [1.165, 1.54) is 4.90 Å². The summed E-state index contributed by atoms with van der Waals surface area (Å²) in [5.41, 5.74) is 2.32. The number of nitrogens with one attached hydrogen (secondary N) is 2. The van der Waals surface area contributed by atoms with E-state index in [0.29, 0.717) is 10.7 Å². The Morgan fingerprint density at radius 1 is 0.833 bits per heavy atom. The molecule has 7 nitrogen and oxygen atoms in total. The highest BCUT2D eigenvalue weighted by Gasteiger charge is 2.17. The summed E-state index contributed by atoms with van der Waals surface area (Å²) in [6.45, 7) is 1.98. The van der Waals surface area contributed by atoms with Crippen molar-refractivity contribution in [3.63, 3.8) is 0 Å². The van der Waals surface area contributed by atoms with Crippen molar-refractivity contribution in [2.45, 2.75) is 13.3 Å². The summed E-state index contributed by atoms with van der Waals surface area (Å²) in [4.78, 5) is 39.8. The molecular formula is C22H27ClN4O3. The third kappa shape index (κ3) is 7.17. The SMILES string of the molecule is CCc1ccccc1NC(=O)CN(C)CC(=O)N(C)CC(=O)Nc1ccccc1Cl. The van der Waals surface area contributed by atoms with Crippen molar-refractivity contribution in [1.29, 1.82) is 0 Å². The predicted octanol–water partition coefficient (Wildman–Crippen LogP) is 2.87. The fourth-order valence-electron chi connectivity index (χ4n) is 2.85. The number of hydrogen-bond acceptors (Lipinski definition) is 4. The molecule has 2 rings (SSSR count). The fraction of sp³-hybridized carbons (Fsp3) is 0.318. The van der Waals surface area contributed by atoms with Gasteiger partial charge in [0, 0.05) is 12.7 Å². The normalized spacial score (nSPS) is 10.6. The van der Waals surface area contributed by atoms with E-state index in [2.05, 4.69) is 10.6 Å². The largest absolute Gasteiger partial charge is 0.335 e. The number of aryl methyl sites for hydroxylation is 1. The average molecular weight is 431 g/mol. The number of para-hydroxylation sites is 2. The van der Waals surface area contributed by atoms with Crippen LogP contribution in [0.4, 0.5) is 11.4 Å². The molecular weight excluding hydrogens is 404 g/mol. The Morgan fingerprint density at radius 2 is 1.40 bits per heavy atom. The standard InChI is InChI=1S/C22H27ClN4O3/c1-4-16-9-5-7-11-18(16)24-20(28)13-26(2)15-22(30)27(3)14-21(29)25-19-12-8-6-10-17(19)23/h5-12H,4,13-15H2,1-3H3,(H,24,28)(H,25,29). The van der Waals surface area contributed by atoms with Crippen LogP contribution in [-0.2, 0) is 20.8 Å². The highest BCUT2D eigenvalue weighted by atomic mass is 35.5. The maximum absolute atomic E-state index is 12.4. The molecule has 0 aliphatic rings. The van der Waals surface area contributed by atoms with Gasteiger partial charge in [0.15, 0.2) is 0 Å². The first-order valence-electron chi connectivity index (χ1n) is 9.64. The second kappa shape index (κ2) is 11.3. The number of hydrogen-bond donors (Lipinski definition) is 2. The Bertz CT molecular complexity index is 903. The number of halogens is 1.